The van der Waals surface area contributed by atoms with E-state index >= 15 is 0 Å². The molecule has 0 spiro atoms. The zero-order valence-corrected chi connectivity index (χ0v) is 14.1. The van der Waals surface area contributed by atoms with Crippen LogP contribution >= 0.6 is 0 Å². The van der Waals surface area contributed by atoms with E-state index in [1.807, 2.05) is 62.4 Å². The fraction of sp³-hybridized carbons (Fsp3) is 0.200. The van der Waals surface area contributed by atoms with E-state index < -0.39 is 0 Å². The van der Waals surface area contributed by atoms with Crippen molar-refractivity contribution in [2.45, 2.75) is 26.5 Å². The molecule has 5 heteroatoms. The molecule has 0 fully saturated rings. The van der Waals surface area contributed by atoms with Gasteiger partial charge in [-0.15, -0.1) is 0 Å². The van der Waals surface area contributed by atoms with Crippen LogP contribution in [0.2, 0.25) is 0 Å². The summed E-state index contributed by atoms with van der Waals surface area (Å²) in [4.78, 5) is 12.7. The zero-order valence-electron chi connectivity index (χ0n) is 14.1. The predicted molar refractivity (Wildman–Crippen MR) is 93.3 cm³/mol. The summed E-state index contributed by atoms with van der Waals surface area (Å²) in [5.41, 5.74) is 3.94. The van der Waals surface area contributed by atoms with Crippen LogP contribution in [0.3, 0.4) is 0 Å². The Labute approximate surface area is 145 Å². The highest BCUT2D eigenvalue weighted by molar-refractivity contribution is 5.95. The maximum Gasteiger partial charge on any atom is 0.274 e. The van der Waals surface area contributed by atoms with Gasteiger partial charge in [0.25, 0.3) is 5.91 Å². The first-order valence-corrected chi connectivity index (χ1v) is 8.21. The van der Waals surface area contributed by atoms with Gasteiger partial charge in [-0.25, -0.2) is 0 Å². The molecule has 5 nitrogen and oxygen atoms in total. The Bertz CT molecular complexity index is 931. The lowest BCUT2D eigenvalue weighted by molar-refractivity contribution is 0.0928. The molecular formula is C20H18N2O3. The van der Waals surface area contributed by atoms with E-state index in [2.05, 4.69) is 10.5 Å². The Morgan fingerprint density at radius 1 is 1.20 bits per heavy atom. The number of rotatable bonds is 3. The van der Waals surface area contributed by atoms with Gasteiger partial charge in [-0.1, -0.05) is 47.1 Å². The molecular weight excluding hydrogens is 316 g/mol. The van der Waals surface area contributed by atoms with Crippen LogP contribution in [-0.4, -0.2) is 11.1 Å². The molecule has 2 aromatic carbocycles. The van der Waals surface area contributed by atoms with E-state index in [-0.39, 0.29) is 24.2 Å². The number of benzene rings is 2. The molecule has 3 aromatic rings. The fourth-order valence-corrected chi connectivity index (χ4v) is 3.02. The minimum atomic E-state index is -0.263. The van der Waals surface area contributed by atoms with Gasteiger partial charge >= 0.3 is 0 Å². The van der Waals surface area contributed by atoms with Gasteiger partial charge in [0.05, 0.1) is 17.2 Å². The molecule has 1 aliphatic heterocycles. The third kappa shape index (κ3) is 2.78. The number of carbonyl (C=O) groups is 1. The van der Waals surface area contributed by atoms with E-state index in [1.165, 1.54) is 0 Å². The van der Waals surface area contributed by atoms with E-state index in [9.17, 15) is 4.79 Å². The Balaban J connectivity index is 1.62. The first kappa shape index (κ1) is 15.4. The predicted octanol–water partition coefficient (Wildman–Crippen LogP) is 4.03. The number of amides is 1. The molecule has 2 heterocycles. The van der Waals surface area contributed by atoms with Crippen molar-refractivity contribution in [1.29, 1.82) is 0 Å². The second kappa shape index (κ2) is 6.09. The molecule has 4 rings (SSSR count). The minimum Gasteiger partial charge on any atom is -0.488 e. The number of carbonyl (C=O) groups excluding carboxylic acids is 1. The van der Waals surface area contributed by atoms with Crippen LogP contribution < -0.4 is 10.1 Å². The maximum absolute atomic E-state index is 12.7. The van der Waals surface area contributed by atoms with Gasteiger partial charge in [-0.3, -0.25) is 4.79 Å². The molecule has 25 heavy (non-hydrogen) atoms. The van der Waals surface area contributed by atoms with Gasteiger partial charge in [0.2, 0.25) is 0 Å². The molecule has 0 radical (unpaired) electrons. The second-order valence-electron chi connectivity index (χ2n) is 6.23. The Kier molecular flexibility index (Phi) is 3.76. The number of hydrogen-bond acceptors (Lipinski definition) is 4. The molecule has 1 N–H and O–H groups in total. The molecule has 1 atom stereocenters. The van der Waals surface area contributed by atoms with Gasteiger partial charge in [0.1, 0.15) is 12.4 Å². The molecule has 1 aromatic heterocycles. The quantitative estimate of drug-likeness (QED) is 0.785. The van der Waals surface area contributed by atoms with Crippen molar-refractivity contribution >= 4 is 5.91 Å². The lowest BCUT2D eigenvalue weighted by Gasteiger charge is -2.17. The first-order chi connectivity index (χ1) is 12.1. The van der Waals surface area contributed by atoms with Gasteiger partial charge < -0.3 is 14.6 Å². The lowest BCUT2D eigenvalue weighted by atomic mass is 10.0. The molecule has 1 unspecified atom stereocenters. The Hall–Kier alpha value is -3.08. The normalized spacial score (nSPS) is 13.4. The van der Waals surface area contributed by atoms with Crippen molar-refractivity contribution in [3.05, 3.63) is 70.9 Å². The van der Waals surface area contributed by atoms with Gasteiger partial charge in [-0.2, -0.15) is 0 Å². The third-order valence-corrected chi connectivity index (χ3v) is 4.40. The molecule has 126 valence electrons. The summed E-state index contributed by atoms with van der Waals surface area (Å²) in [7, 11) is 0. The zero-order chi connectivity index (χ0) is 17.4. The van der Waals surface area contributed by atoms with Gasteiger partial charge in [0, 0.05) is 0 Å². The van der Waals surface area contributed by atoms with Crippen molar-refractivity contribution in [3.63, 3.8) is 0 Å². The minimum absolute atomic E-state index is 0.125. The smallest absolute Gasteiger partial charge is 0.274 e. The van der Waals surface area contributed by atoms with Crippen molar-refractivity contribution in [2.24, 2.45) is 0 Å². The number of ether oxygens (including phenoxy) is 1. The molecule has 0 saturated carbocycles. The number of hydrogen-bond donors (Lipinski definition) is 1. The number of aromatic nitrogens is 1. The lowest BCUT2D eigenvalue weighted by Crippen LogP contribution is -2.28. The average Bonchev–Trinajstić information content (AvgIpc) is 3.07. The average molecular weight is 334 g/mol. The van der Waals surface area contributed by atoms with Crippen LogP contribution in [0, 0.1) is 6.92 Å². The topological polar surface area (TPSA) is 64.4 Å². The summed E-state index contributed by atoms with van der Waals surface area (Å²) in [5, 5.41) is 6.97. The van der Waals surface area contributed by atoms with Crippen LogP contribution in [0.5, 0.6) is 5.75 Å². The Morgan fingerprint density at radius 2 is 2.00 bits per heavy atom. The molecule has 0 aliphatic carbocycles. The highest BCUT2D eigenvalue weighted by atomic mass is 16.5. The van der Waals surface area contributed by atoms with Crippen molar-refractivity contribution in [1.82, 2.24) is 10.5 Å². The van der Waals surface area contributed by atoms with Crippen LogP contribution in [0.15, 0.2) is 53.1 Å². The monoisotopic (exact) mass is 334 g/mol. The summed E-state index contributed by atoms with van der Waals surface area (Å²) in [5.74, 6) is 1.10. The molecule has 1 aliphatic rings. The van der Waals surface area contributed by atoms with E-state index in [0.29, 0.717) is 11.3 Å². The number of aryl methyl sites for hydroxylation is 1. The number of nitrogens with one attached hydrogen (secondary N) is 1. The van der Waals surface area contributed by atoms with Gasteiger partial charge in [0.15, 0.2) is 11.5 Å². The van der Waals surface area contributed by atoms with E-state index in [4.69, 9.17) is 9.26 Å². The first-order valence-electron chi connectivity index (χ1n) is 8.21. The largest absolute Gasteiger partial charge is 0.488 e. The fourth-order valence-electron chi connectivity index (χ4n) is 3.02. The standard InChI is InChI=1S/C20H18N2O3/c1-12-8-9-17-15(10-12)19-16(11-24-17)18(22-25-19)20(23)21-13(2)14-6-4-3-5-7-14/h3-10,13H,11H2,1-2H3,(H,21,23). The number of fused-ring (bicyclic) bond motifs is 3. The third-order valence-electron chi connectivity index (χ3n) is 4.40. The molecule has 0 saturated heterocycles. The summed E-state index contributed by atoms with van der Waals surface area (Å²) >= 11 is 0. The van der Waals surface area contributed by atoms with Crippen molar-refractivity contribution in [3.8, 4) is 17.1 Å². The summed E-state index contributed by atoms with van der Waals surface area (Å²) in [6.07, 6.45) is 0. The van der Waals surface area contributed by atoms with E-state index in [1.54, 1.807) is 0 Å². The van der Waals surface area contributed by atoms with E-state index in [0.717, 1.165) is 22.4 Å². The molecule has 0 bridgehead atoms. The highest BCUT2D eigenvalue weighted by Gasteiger charge is 2.29. The Morgan fingerprint density at radius 3 is 2.80 bits per heavy atom. The van der Waals surface area contributed by atoms with Crippen LogP contribution in [0.25, 0.3) is 11.3 Å². The van der Waals surface area contributed by atoms with Crippen LogP contribution in [-0.2, 0) is 6.61 Å². The van der Waals surface area contributed by atoms with Crippen molar-refractivity contribution in [2.75, 3.05) is 0 Å². The number of nitrogens with zero attached hydrogens (tertiary/aromatic N) is 1. The molecule has 1 amide bonds. The highest BCUT2D eigenvalue weighted by Crippen LogP contribution is 2.39. The summed E-state index contributed by atoms with van der Waals surface area (Å²) in [6, 6.07) is 15.5. The maximum atomic E-state index is 12.7. The van der Waals surface area contributed by atoms with Gasteiger partial charge in [-0.05, 0) is 31.5 Å². The summed E-state index contributed by atoms with van der Waals surface area (Å²) < 4.78 is 11.2. The van der Waals surface area contributed by atoms with Crippen LogP contribution in [0.4, 0.5) is 0 Å². The summed E-state index contributed by atoms with van der Waals surface area (Å²) in [6.45, 7) is 4.21. The van der Waals surface area contributed by atoms with Crippen LogP contribution in [0.1, 0.15) is 40.1 Å². The SMILES string of the molecule is Cc1ccc2c(c1)-c1onc(C(=O)NC(C)c3ccccc3)c1CO2. The van der Waals surface area contributed by atoms with Crippen molar-refractivity contribution < 1.29 is 14.1 Å². The second-order valence-corrected chi connectivity index (χ2v) is 6.23.